The molecule has 0 aliphatic heterocycles. The van der Waals surface area contributed by atoms with Crippen molar-refractivity contribution >= 4 is 0 Å². The van der Waals surface area contributed by atoms with Crippen LogP contribution in [0.4, 0.5) is 0 Å². The lowest BCUT2D eigenvalue weighted by Crippen LogP contribution is -2.21. The Balaban J connectivity index is 1.81. The third-order valence-electron chi connectivity index (χ3n) is 2.16. The quantitative estimate of drug-likeness (QED) is 0.469. The molecule has 2 heteroatoms. The Kier molecular flexibility index (Phi) is 3.25. The highest BCUT2D eigenvalue weighted by molar-refractivity contribution is 4.75. The van der Waals surface area contributed by atoms with Gasteiger partial charge in [0, 0.05) is 0 Å². The molecule has 1 aliphatic carbocycles. The monoisotopic (exact) mass is 138 g/mol. The van der Waals surface area contributed by atoms with E-state index in [9.17, 15) is 0 Å². The van der Waals surface area contributed by atoms with Crippen LogP contribution in [0.2, 0.25) is 0 Å². The average Bonchev–Trinajstić information content (AvgIpc) is 1.84. The summed E-state index contributed by atoms with van der Waals surface area (Å²) in [4.78, 5) is 0. The van der Waals surface area contributed by atoms with Gasteiger partial charge in [-0.15, -0.1) is 0 Å². The topological polar surface area (TPSA) is 35.8 Å². The van der Waals surface area contributed by atoms with Crippen LogP contribution in [0.25, 0.3) is 0 Å². The minimum atomic E-state index is 0.507. The first-order valence-corrected chi connectivity index (χ1v) is 4.01. The van der Waals surface area contributed by atoms with Gasteiger partial charge in [0.25, 0.3) is 0 Å². The van der Waals surface area contributed by atoms with Crippen molar-refractivity contribution in [2.45, 2.75) is 25.7 Å². The standard InChI is InChI=1S/C8H14N2/c9-5-7-10-6-4-8-2-1-3-8/h8,10H,1-4,6-7H2. The summed E-state index contributed by atoms with van der Waals surface area (Å²) in [6, 6.07) is 2.07. The highest BCUT2D eigenvalue weighted by Crippen LogP contribution is 2.28. The van der Waals surface area contributed by atoms with Gasteiger partial charge in [-0.05, 0) is 18.9 Å². The fourth-order valence-corrected chi connectivity index (χ4v) is 1.23. The zero-order chi connectivity index (χ0) is 7.23. The predicted octanol–water partition coefficient (Wildman–Crippen LogP) is 1.29. The van der Waals surface area contributed by atoms with Crippen molar-refractivity contribution in [3.05, 3.63) is 0 Å². The Morgan fingerprint density at radius 3 is 2.80 bits per heavy atom. The molecule has 1 aliphatic rings. The number of nitrogens with zero attached hydrogens (tertiary/aromatic N) is 1. The molecular formula is C8H14N2. The van der Waals surface area contributed by atoms with Crippen LogP contribution in [0.1, 0.15) is 25.7 Å². The van der Waals surface area contributed by atoms with Crippen LogP contribution in [0, 0.1) is 17.2 Å². The molecule has 0 atom stereocenters. The second-order valence-electron chi connectivity index (χ2n) is 2.92. The van der Waals surface area contributed by atoms with Gasteiger partial charge in [0.05, 0.1) is 12.6 Å². The van der Waals surface area contributed by atoms with Crippen LogP contribution in [0.3, 0.4) is 0 Å². The van der Waals surface area contributed by atoms with E-state index in [2.05, 4.69) is 11.4 Å². The molecule has 0 aromatic heterocycles. The Morgan fingerprint density at radius 1 is 1.50 bits per heavy atom. The van der Waals surface area contributed by atoms with Crippen molar-refractivity contribution in [1.29, 1.82) is 5.26 Å². The molecule has 1 fully saturated rings. The zero-order valence-electron chi connectivity index (χ0n) is 6.27. The van der Waals surface area contributed by atoms with Crippen molar-refractivity contribution < 1.29 is 0 Å². The normalized spacial score (nSPS) is 17.9. The molecule has 1 saturated carbocycles. The third kappa shape index (κ3) is 2.36. The number of hydrogen-bond acceptors (Lipinski definition) is 2. The summed E-state index contributed by atoms with van der Waals surface area (Å²) in [6.45, 7) is 1.53. The summed E-state index contributed by atoms with van der Waals surface area (Å²) in [6.07, 6.45) is 5.51. The number of rotatable bonds is 4. The first-order chi connectivity index (χ1) is 4.93. The summed E-state index contributed by atoms with van der Waals surface area (Å²) in [5, 5.41) is 11.3. The Hall–Kier alpha value is -0.550. The second-order valence-corrected chi connectivity index (χ2v) is 2.92. The van der Waals surface area contributed by atoms with E-state index < -0.39 is 0 Å². The number of nitriles is 1. The molecule has 0 unspecified atom stereocenters. The minimum absolute atomic E-state index is 0.507. The maximum Gasteiger partial charge on any atom is 0.0840 e. The first-order valence-electron chi connectivity index (χ1n) is 4.01. The highest BCUT2D eigenvalue weighted by atomic mass is 14.8. The van der Waals surface area contributed by atoms with Crippen molar-refractivity contribution in [3.8, 4) is 6.07 Å². The van der Waals surface area contributed by atoms with E-state index in [-0.39, 0.29) is 0 Å². The van der Waals surface area contributed by atoms with Crippen LogP contribution in [-0.2, 0) is 0 Å². The van der Waals surface area contributed by atoms with Crippen molar-refractivity contribution in [1.82, 2.24) is 5.32 Å². The van der Waals surface area contributed by atoms with Crippen LogP contribution in [-0.4, -0.2) is 13.1 Å². The molecule has 0 heterocycles. The van der Waals surface area contributed by atoms with Gasteiger partial charge in [0.15, 0.2) is 0 Å². The van der Waals surface area contributed by atoms with Gasteiger partial charge in [-0.3, -0.25) is 0 Å². The lowest BCUT2D eigenvalue weighted by molar-refractivity contribution is 0.294. The van der Waals surface area contributed by atoms with E-state index >= 15 is 0 Å². The molecule has 1 rings (SSSR count). The lowest BCUT2D eigenvalue weighted by Gasteiger charge is -2.24. The third-order valence-corrected chi connectivity index (χ3v) is 2.16. The molecule has 0 amide bonds. The van der Waals surface area contributed by atoms with Crippen LogP contribution in [0.5, 0.6) is 0 Å². The van der Waals surface area contributed by atoms with Gasteiger partial charge in [0.2, 0.25) is 0 Å². The SMILES string of the molecule is N#CCNCCC1CCC1. The fourth-order valence-electron chi connectivity index (χ4n) is 1.23. The van der Waals surface area contributed by atoms with E-state index in [0.29, 0.717) is 6.54 Å². The van der Waals surface area contributed by atoms with Gasteiger partial charge < -0.3 is 5.32 Å². The summed E-state index contributed by atoms with van der Waals surface area (Å²) < 4.78 is 0. The van der Waals surface area contributed by atoms with Crippen LogP contribution in [0.15, 0.2) is 0 Å². The Morgan fingerprint density at radius 2 is 2.30 bits per heavy atom. The maximum absolute atomic E-state index is 8.19. The molecule has 56 valence electrons. The van der Waals surface area contributed by atoms with Gasteiger partial charge in [-0.1, -0.05) is 19.3 Å². The van der Waals surface area contributed by atoms with E-state index in [0.717, 1.165) is 12.5 Å². The Labute approximate surface area is 62.2 Å². The molecule has 1 N–H and O–H groups in total. The molecule has 0 saturated heterocycles. The van der Waals surface area contributed by atoms with E-state index in [1.165, 1.54) is 25.7 Å². The summed E-state index contributed by atoms with van der Waals surface area (Å²) in [7, 11) is 0. The predicted molar refractivity (Wildman–Crippen MR) is 40.4 cm³/mol. The molecule has 2 nitrogen and oxygen atoms in total. The Bertz CT molecular complexity index is 122. The highest BCUT2D eigenvalue weighted by Gasteiger charge is 2.15. The van der Waals surface area contributed by atoms with Crippen molar-refractivity contribution in [2.75, 3.05) is 13.1 Å². The van der Waals surface area contributed by atoms with Gasteiger partial charge >= 0.3 is 0 Å². The van der Waals surface area contributed by atoms with E-state index in [1.807, 2.05) is 0 Å². The molecule has 0 bridgehead atoms. The number of nitrogens with one attached hydrogen (secondary N) is 1. The van der Waals surface area contributed by atoms with E-state index in [4.69, 9.17) is 5.26 Å². The second kappa shape index (κ2) is 4.29. The molecular weight excluding hydrogens is 124 g/mol. The summed E-state index contributed by atoms with van der Waals surface area (Å²) >= 11 is 0. The zero-order valence-corrected chi connectivity index (χ0v) is 6.27. The van der Waals surface area contributed by atoms with Gasteiger partial charge in [-0.2, -0.15) is 5.26 Å². The first kappa shape index (κ1) is 7.56. The minimum Gasteiger partial charge on any atom is -0.304 e. The summed E-state index contributed by atoms with van der Waals surface area (Å²) in [5.74, 6) is 0.964. The fraction of sp³-hybridized carbons (Fsp3) is 0.875. The summed E-state index contributed by atoms with van der Waals surface area (Å²) in [5.41, 5.74) is 0. The van der Waals surface area contributed by atoms with Gasteiger partial charge in [-0.25, -0.2) is 0 Å². The van der Waals surface area contributed by atoms with Crippen LogP contribution >= 0.6 is 0 Å². The largest absolute Gasteiger partial charge is 0.304 e. The molecule has 0 spiro atoms. The average molecular weight is 138 g/mol. The molecule has 0 aromatic carbocycles. The lowest BCUT2D eigenvalue weighted by atomic mass is 9.83. The molecule has 0 radical (unpaired) electrons. The van der Waals surface area contributed by atoms with Gasteiger partial charge in [0.1, 0.15) is 0 Å². The van der Waals surface area contributed by atoms with Crippen molar-refractivity contribution in [2.24, 2.45) is 5.92 Å². The maximum atomic E-state index is 8.19. The molecule has 10 heavy (non-hydrogen) atoms. The van der Waals surface area contributed by atoms with Crippen LogP contribution < -0.4 is 5.32 Å². The number of hydrogen-bond donors (Lipinski definition) is 1. The molecule has 0 aromatic rings. The van der Waals surface area contributed by atoms with E-state index in [1.54, 1.807) is 0 Å². The van der Waals surface area contributed by atoms with Crippen molar-refractivity contribution in [3.63, 3.8) is 0 Å². The smallest absolute Gasteiger partial charge is 0.0840 e.